The summed E-state index contributed by atoms with van der Waals surface area (Å²) in [6.07, 6.45) is 2.04. The monoisotopic (exact) mass is 112 g/mol. The van der Waals surface area contributed by atoms with Crippen LogP contribution in [-0.2, 0) is 0 Å². The van der Waals surface area contributed by atoms with Crippen molar-refractivity contribution in [2.24, 2.45) is 0 Å². The molecule has 0 amide bonds. The fraction of sp³-hybridized carbons (Fsp3) is 0. The molecule has 1 aromatic heterocycles. The maximum absolute atomic E-state index is 9.83. The van der Waals surface area contributed by atoms with Crippen molar-refractivity contribution in [3.63, 3.8) is 0 Å². The van der Waals surface area contributed by atoms with Gasteiger partial charge < -0.3 is 14.3 Å². The van der Waals surface area contributed by atoms with Crippen LogP contribution in [-0.4, -0.2) is 11.0 Å². The third-order valence-electron chi connectivity index (χ3n) is 0.641. The zero-order valence-electron chi connectivity index (χ0n) is 3.83. The van der Waals surface area contributed by atoms with E-state index in [9.17, 15) is 9.90 Å². The highest BCUT2D eigenvalue weighted by molar-refractivity contribution is 5.82. The molecule has 0 aliphatic carbocycles. The van der Waals surface area contributed by atoms with Gasteiger partial charge in [-0.2, -0.15) is 0 Å². The van der Waals surface area contributed by atoms with Gasteiger partial charge in [0.25, 0.3) is 0 Å². The molecule has 0 bridgehead atoms. The molecule has 0 radical (unpaired) electrons. The molecule has 0 fully saturated rings. The van der Waals surface area contributed by atoms with Crippen LogP contribution in [0.25, 0.3) is 0 Å². The first-order valence-electron chi connectivity index (χ1n) is 1.90. The topological polar surface area (TPSA) is 66.2 Å². The first-order valence-corrected chi connectivity index (χ1v) is 1.90. The predicted octanol–water partition coefficient (Wildman–Crippen LogP) is -0.962. The fourth-order valence-electron chi connectivity index (χ4n) is 0.313. The van der Waals surface area contributed by atoms with Crippen molar-refractivity contribution in [2.45, 2.75) is 0 Å². The maximum atomic E-state index is 9.83. The molecule has 1 aromatic rings. The number of aromatic nitrogens is 1. The van der Waals surface area contributed by atoms with Gasteiger partial charge in [0, 0.05) is 0 Å². The van der Waals surface area contributed by atoms with Crippen molar-refractivity contribution in [3.05, 3.63) is 18.4 Å². The summed E-state index contributed by atoms with van der Waals surface area (Å²) in [5.41, 5.74) is -0.176. The minimum Gasteiger partial charge on any atom is -0.543 e. The second-order valence-corrected chi connectivity index (χ2v) is 1.16. The van der Waals surface area contributed by atoms with Crippen LogP contribution in [0.1, 0.15) is 10.5 Å². The lowest BCUT2D eigenvalue weighted by Gasteiger charge is -1.89. The zero-order chi connectivity index (χ0) is 5.98. The number of carboxylic acids is 1. The summed E-state index contributed by atoms with van der Waals surface area (Å²) in [7, 11) is 0. The Morgan fingerprint density at radius 3 is 2.88 bits per heavy atom. The van der Waals surface area contributed by atoms with E-state index in [0.717, 1.165) is 12.7 Å². The van der Waals surface area contributed by atoms with Crippen LogP contribution in [0.3, 0.4) is 0 Å². The Morgan fingerprint density at radius 2 is 2.62 bits per heavy atom. The molecule has 0 saturated carbocycles. The Bertz CT molecular complexity index is 179. The van der Waals surface area contributed by atoms with Crippen LogP contribution >= 0.6 is 0 Å². The molecule has 0 aliphatic rings. The van der Waals surface area contributed by atoms with Gasteiger partial charge in [-0.05, 0) is 0 Å². The van der Waals surface area contributed by atoms with E-state index in [1.807, 2.05) is 0 Å². The number of carbonyl (C=O) groups excluding carboxylic acids is 1. The maximum Gasteiger partial charge on any atom is 0.181 e. The Hall–Kier alpha value is -1.32. The smallest absolute Gasteiger partial charge is 0.181 e. The molecule has 8 heavy (non-hydrogen) atoms. The second-order valence-electron chi connectivity index (χ2n) is 1.16. The lowest BCUT2D eigenvalue weighted by atomic mass is 10.5. The van der Waals surface area contributed by atoms with Crippen LogP contribution in [0.4, 0.5) is 0 Å². The minimum atomic E-state index is -1.32. The number of carbonyl (C=O) groups is 1. The first kappa shape index (κ1) is 4.83. The van der Waals surface area contributed by atoms with Crippen LogP contribution in [0.2, 0.25) is 0 Å². The van der Waals surface area contributed by atoms with Crippen LogP contribution in [0.5, 0.6) is 0 Å². The van der Waals surface area contributed by atoms with Crippen molar-refractivity contribution in [1.82, 2.24) is 4.98 Å². The quantitative estimate of drug-likeness (QED) is 0.469. The number of carboxylic acid groups (broad SMARTS) is 1. The summed E-state index contributed by atoms with van der Waals surface area (Å²) >= 11 is 0. The van der Waals surface area contributed by atoms with Gasteiger partial charge in [-0.1, -0.05) is 0 Å². The third kappa shape index (κ3) is 0.676. The van der Waals surface area contributed by atoms with Crippen molar-refractivity contribution in [2.75, 3.05) is 0 Å². The van der Waals surface area contributed by atoms with Gasteiger partial charge in [-0.25, -0.2) is 4.98 Å². The molecule has 1 heterocycles. The minimum absolute atomic E-state index is 0.176. The van der Waals surface area contributed by atoms with E-state index in [1.54, 1.807) is 0 Å². The molecule has 0 aliphatic heterocycles. The van der Waals surface area contributed by atoms with Crippen molar-refractivity contribution in [1.29, 1.82) is 0 Å². The molecular weight excluding hydrogens is 110 g/mol. The van der Waals surface area contributed by atoms with Crippen LogP contribution in [0, 0.1) is 0 Å². The van der Waals surface area contributed by atoms with E-state index in [-0.39, 0.29) is 5.69 Å². The SMILES string of the molecule is O=C([O-])c1cocn1. The Labute approximate surface area is 44.8 Å². The molecule has 0 unspecified atom stereocenters. The number of hydrogen-bond acceptors (Lipinski definition) is 4. The van der Waals surface area contributed by atoms with Gasteiger partial charge in [0.05, 0.1) is 5.97 Å². The number of hydrogen-bond donors (Lipinski definition) is 0. The molecule has 42 valence electrons. The van der Waals surface area contributed by atoms with Gasteiger partial charge in [0.2, 0.25) is 0 Å². The van der Waals surface area contributed by atoms with E-state index in [1.165, 1.54) is 0 Å². The lowest BCUT2D eigenvalue weighted by Crippen LogP contribution is -2.22. The normalized spacial score (nSPS) is 9.00. The highest BCUT2D eigenvalue weighted by Crippen LogP contribution is 1.89. The summed E-state index contributed by atoms with van der Waals surface area (Å²) in [6, 6.07) is 0. The molecule has 4 nitrogen and oxygen atoms in total. The molecule has 1 rings (SSSR count). The number of oxazole rings is 1. The van der Waals surface area contributed by atoms with E-state index < -0.39 is 5.97 Å². The fourth-order valence-corrected chi connectivity index (χ4v) is 0.313. The van der Waals surface area contributed by atoms with Crippen LogP contribution < -0.4 is 5.11 Å². The van der Waals surface area contributed by atoms with Gasteiger partial charge in [0.15, 0.2) is 6.39 Å². The summed E-state index contributed by atoms with van der Waals surface area (Å²) in [6.45, 7) is 0. The van der Waals surface area contributed by atoms with Crippen LogP contribution in [0.15, 0.2) is 17.1 Å². The summed E-state index contributed by atoms with van der Waals surface area (Å²) in [5, 5.41) is 9.83. The van der Waals surface area contributed by atoms with E-state index in [2.05, 4.69) is 9.40 Å². The molecule has 0 N–H and O–H groups in total. The molecule has 0 aromatic carbocycles. The summed E-state index contributed by atoms with van der Waals surface area (Å²) in [4.78, 5) is 13.1. The van der Waals surface area contributed by atoms with Gasteiger partial charge >= 0.3 is 0 Å². The standard InChI is InChI=1S/C4H3NO3/c6-4(7)3-1-8-2-5-3/h1-2H,(H,6,7)/p-1. The highest BCUT2D eigenvalue weighted by atomic mass is 16.4. The van der Waals surface area contributed by atoms with Crippen molar-refractivity contribution in [3.8, 4) is 0 Å². The second kappa shape index (κ2) is 1.65. The van der Waals surface area contributed by atoms with Crippen molar-refractivity contribution >= 4 is 5.97 Å². The third-order valence-corrected chi connectivity index (χ3v) is 0.641. The number of aromatic carboxylic acids is 1. The molecular formula is C4H2NO3-. The largest absolute Gasteiger partial charge is 0.543 e. The highest BCUT2D eigenvalue weighted by Gasteiger charge is 1.91. The summed E-state index contributed by atoms with van der Waals surface area (Å²) in [5.74, 6) is -1.32. The van der Waals surface area contributed by atoms with E-state index in [4.69, 9.17) is 0 Å². The van der Waals surface area contributed by atoms with E-state index in [0.29, 0.717) is 0 Å². The molecule has 0 spiro atoms. The van der Waals surface area contributed by atoms with E-state index >= 15 is 0 Å². The lowest BCUT2D eigenvalue weighted by molar-refractivity contribution is -0.255. The predicted molar refractivity (Wildman–Crippen MR) is 20.8 cm³/mol. The average molecular weight is 112 g/mol. The Morgan fingerprint density at radius 1 is 1.88 bits per heavy atom. The number of nitrogens with zero attached hydrogens (tertiary/aromatic N) is 1. The zero-order valence-corrected chi connectivity index (χ0v) is 3.83. The Balaban J connectivity index is 2.93. The molecule has 0 atom stereocenters. The Kier molecular flexibility index (Phi) is 0.997. The number of rotatable bonds is 1. The van der Waals surface area contributed by atoms with Gasteiger partial charge in [-0.15, -0.1) is 0 Å². The molecule has 0 saturated heterocycles. The van der Waals surface area contributed by atoms with Crippen molar-refractivity contribution < 1.29 is 14.3 Å². The molecule has 4 heteroatoms. The van der Waals surface area contributed by atoms with Gasteiger partial charge in [-0.3, -0.25) is 0 Å². The average Bonchev–Trinajstić information content (AvgIpc) is 2.12. The first-order chi connectivity index (χ1) is 3.80. The van der Waals surface area contributed by atoms with Gasteiger partial charge in [0.1, 0.15) is 12.0 Å². The summed E-state index contributed by atoms with van der Waals surface area (Å²) < 4.78 is 4.34.